The lowest BCUT2D eigenvalue weighted by Crippen LogP contribution is -2.52. The summed E-state index contributed by atoms with van der Waals surface area (Å²) >= 11 is 0. The predicted molar refractivity (Wildman–Crippen MR) is 166 cm³/mol. The van der Waals surface area contributed by atoms with E-state index in [1.807, 2.05) is 6.92 Å². The molecule has 0 radical (unpaired) electrons. The number of carbonyl (C=O) groups is 2. The van der Waals surface area contributed by atoms with E-state index in [9.17, 15) is 22.4 Å². The summed E-state index contributed by atoms with van der Waals surface area (Å²) in [5.41, 5.74) is 0.786. The highest BCUT2D eigenvalue weighted by atomic mass is 32.2. The van der Waals surface area contributed by atoms with Gasteiger partial charge in [0.2, 0.25) is 11.8 Å². The summed E-state index contributed by atoms with van der Waals surface area (Å²) in [7, 11) is -0.0473. The van der Waals surface area contributed by atoms with E-state index in [0.29, 0.717) is 24.5 Å². The molecule has 0 saturated heterocycles. The van der Waals surface area contributed by atoms with Gasteiger partial charge in [-0.1, -0.05) is 32.4 Å². The molecule has 0 heterocycles. The molecule has 1 N–H and O–H groups in total. The number of halogens is 1. The maximum absolute atomic E-state index is 14.2. The van der Waals surface area contributed by atoms with Crippen LogP contribution in [-0.2, 0) is 26.2 Å². The Balaban J connectivity index is 2.07. The van der Waals surface area contributed by atoms with Gasteiger partial charge >= 0.3 is 0 Å². The Morgan fingerprint density at radius 2 is 1.55 bits per heavy atom. The van der Waals surface area contributed by atoms with Crippen molar-refractivity contribution in [3.05, 3.63) is 78.1 Å². The number of nitrogens with one attached hydrogen (secondary N) is 1. The first kappa shape index (κ1) is 34.2. The second-order valence-electron chi connectivity index (χ2n) is 9.94. The van der Waals surface area contributed by atoms with Crippen LogP contribution < -0.4 is 23.8 Å². The van der Waals surface area contributed by atoms with Gasteiger partial charge in [0.1, 0.15) is 24.2 Å². The van der Waals surface area contributed by atoms with Crippen LogP contribution in [-0.4, -0.2) is 65.6 Å². The van der Waals surface area contributed by atoms with Gasteiger partial charge in [-0.15, -0.1) is 0 Å². The number of carbonyl (C=O) groups excluding carboxylic acids is 2. The zero-order valence-corrected chi connectivity index (χ0v) is 26.5. The summed E-state index contributed by atoms with van der Waals surface area (Å²) in [5.74, 6) is -0.402. The first-order chi connectivity index (χ1) is 21.1. The summed E-state index contributed by atoms with van der Waals surface area (Å²) < 4.78 is 58.8. The fourth-order valence-electron chi connectivity index (χ4n) is 4.59. The van der Waals surface area contributed by atoms with Gasteiger partial charge in [0.25, 0.3) is 10.0 Å². The van der Waals surface area contributed by atoms with E-state index in [4.69, 9.17) is 14.2 Å². The van der Waals surface area contributed by atoms with Crippen LogP contribution in [0.5, 0.6) is 17.2 Å². The van der Waals surface area contributed by atoms with Gasteiger partial charge in [-0.25, -0.2) is 12.8 Å². The molecule has 0 fully saturated rings. The Labute approximate surface area is 258 Å². The van der Waals surface area contributed by atoms with Gasteiger partial charge in [0.15, 0.2) is 11.5 Å². The molecule has 3 rings (SSSR count). The number of unbranched alkanes of at least 4 members (excludes halogenated alkanes) is 1. The van der Waals surface area contributed by atoms with Crippen molar-refractivity contribution in [1.29, 1.82) is 0 Å². The molecule has 3 aromatic carbocycles. The van der Waals surface area contributed by atoms with Crippen molar-refractivity contribution in [2.45, 2.75) is 50.6 Å². The van der Waals surface area contributed by atoms with Crippen LogP contribution in [0, 0.1) is 5.82 Å². The minimum Gasteiger partial charge on any atom is -0.497 e. The lowest BCUT2D eigenvalue weighted by molar-refractivity contribution is -0.140. The Kier molecular flexibility index (Phi) is 12.4. The molecule has 0 bridgehead atoms. The first-order valence-corrected chi connectivity index (χ1v) is 15.7. The zero-order chi connectivity index (χ0) is 32.3. The molecule has 0 aliphatic heterocycles. The first-order valence-electron chi connectivity index (χ1n) is 14.3. The average Bonchev–Trinajstić information content (AvgIpc) is 3.03. The molecule has 0 aromatic heterocycles. The molecule has 0 aliphatic rings. The van der Waals surface area contributed by atoms with Crippen LogP contribution >= 0.6 is 0 Å². The highest BCUT2D eigenvalue weighted by Gasteiger charge is 2.34. The van der Waals surface area contributed by atoms with Crippen molar-refractivity contribution in [1.82, 2.24) is 10.2 Å². The topological polar surface area (TPSA) is 114 Å². The molecule has 238 valence electrons. The maximum Gasteiger partial charge on any atom is 0.264 e. The Morgan fingerprint density at radius 1 is 0.886 bits per heavy atom. The monoisotopic (exact) mass is 629 g/mol. The van der Waals surface area contributed by atoms with E-state index in [-0.39, 0.29) is 28.8 Å². The van der Waals surface area contributed by atoms with Gasteiger partial charge in [0, 0.05) is 19.2 Å². The van der Waals surface area contributed by atoms with Crippen LogP contribution in [0.1, 0.15) is 38.7 Å². The summed E-state index contributed by atoms with van der Waals surface area (Å²) in [6.07, 6.45) is 1.95. The van der Waals surface area contributed by atoms with Gasteiger partial charge in [-0.05, 0) is 66.9 Å². The van der Waals surface area contributed by atoms with Crippen molar-refractivity contribution in [2.75, 3.05) is 38.7 Å². The SMILES string of the molecule is CCCCNC(=O)C(CC)N(Cc1ccc(OC)cc1)C(=O)CN(c1ccc(F)cc1)S(=O)(=O)c1ccc(OC)c(OC)c1. The van der Waals surface area contributed by atoms with Crippen LogP contribution in [0.4, 0.5) is 10.1 Å². The van der Waals surface area contributed by atoms with E-state index < -0.39 is 34.3 Å². The van der Waals surface area contributed by atoms with Crippen molar-refractivity contribution in [3.63, 3.8) is 0 Å². The average molecular weight is 630 g/mol. The minimum atomic E-state index is -4.39. The lowest BCUT2D eigenvalue weighted by atomic mass is 10.1. The molecule has 3 aromatic rings. The number of ether oxygens (including phenoxy) is 3. The second-order valence-corrected chi connectivity index (χ2v) is 11.8. The largest absolute Gasteiger partial charge is 0.497 e. The fourth-order valence-corrected chi connectivity index (χ4v) is 6.02. The van der Waals surface area contributed by atoms with Gasteiger partial charge in [0.05, 0.1) is 31.9 Å². The molecule has 10 nitrogen and oxygen atoms in total. The number of methoxy groups -OCH3 is 3. The second kappa shape index (κ2) is 15.9. The molecular formula is C32H40FN3O7S. The molecule has 1 unspecified atom stereocenters. The van der Waals surface area contributed by atoms with E-state index in [1.165, 1.54) is 49.5 Å². The standard InChI is InChI=1S/C32H40FN3O7S/c1-6-8-19-34-32(38)28(7-2)35(21-23-9-15-26(41-3)16-10-23)31(37)22-36(25-13-11-24(33)12-14-25)44(39,40)27-17-18-29(42-4)30(20-27)43-5/h9-18,20,28H,6-8,19,21-22H2,1-5H3,(H,34,38). The number of sulfonamides is 1. The quantitative estimate of drug-likeness (QED) is 0.227. The van der Waals surface area contributed by atoms with Gasteiger partial charge in [-0.2, -0.15) is 0 Å². The molecule has 0 spiro atoms. The maximum atomic E-state index is 14.2. The number of benzene rings is 3. The third kappa shape index (κ3) is 8.40. The number of rotatable bonds is 16. The molecular weight excluding hydrogens is 589 g/mol. The number of anilines is 1. The number of nitrogens with zero attached hydrogens (tertiary/aromatic N) is 2. The normalized spacial score (nSPS) is 11.8. The Hall–Kier alpha value is -4.32. The van der Waals surface area contributed by atoms with Crippen LogP contribution in [0.2, 0.25) is 0 Å². The van der Waals surface area contributed by atoms with Crippen molar-refractivity contribution < 1.29 is 36.6 Å². The van der Waals surface area contributed by atoms with Gasteiger partial charge in [-0.3, -0.25) is 13.9 Å². The third-order valence-corrected chi connectivity index (χ3v) is 8.83. The van der Waals surface area contributed by atoms with Crippen molar-refractivity contribution in [2.24, 2.45) is 0 Å². The molecule has 0 aliphatic carbocycles. The van der Waals surface area contributed by atoms with Crippen LogP contribution in [0.3, 0.4) is 0 Å². The number of amides is 2. The summed E-state index contributed by atoms with van der Waals surface area (Å²) in [6, 6.07) is 15.0. The minimum absolute atomic E-state index is 0.0379. The summed E-state index contributed by atoms with van der Waals surface area (Å²) in [4.78, 5) is 28.7. The molecule has 2 amide bonds. The fraction of sp³-hybridized carbons (Fsp3) is 0.375. The summed E-state index contributed by atoms with van der Waals surface area (Å²) in [5, 5.41) is 2.89. The highest BCUT2D eigenvalue weighted by Crippen LogP contribution is 2.32. The Morgan fingerprint density at radius 3 is 2.11 bits per heavy atom. The number of hydrogen-bond donors (Lipinski definition) is 1. The van der Waals surface area contributed by atoms with E-state index >= 15 is 0 Å². The van der Waals surface area contributed by atoms with Gasteiger partial charge < -0.3 is 24.4 Å². The lowest BCUT2D eigenvalue weighted by Gasteiger charge is -2.33. The zero-order valence-electron chi connectivity index (χ0n) is 25.7. The van der Waals surface area contributed by atoms with Crippen molar-refractivity contribution in [3.8, 4) is 17.2 Å². The smallest absolute Gasteiger partial charge is 0.264 e. The number of hydrogen-bond acceptors (Lipinski definition) is 7. The Bertz CT molecular complexity index is 1500. The molecule has 12 heteroatoms. The van der Waals surface area contributed by atoms with E-state index in [0.717, 1.165) is 34.8 Å². The van der Waals surface area contributed by atoms with Crippen LogP contribution in [0.25, 0.3) is 0 Å². The highest BCUT2D eigenvalue weighted by molar-refractivity contribution is 7.92. The van der Waals surface area contributed by atoms with Crippen LogP contribution in [0.15, 0.2) is 71.6 Å². The molecule has 0 saturated carbocycles. The van der Waals surface area contributed by atoms with Crippen molar-refractivity contribution >= 4 is 27.5 Å². The predicted octanol–water partition coefficient (Wildman–Crippen LogP) is 4.77. The molecule has 1 atom stereocenters. The third-order valence-electron chi connectivity index (χ3n) is 7.06. The van der Waals surface area contributed by atoms with E-state index in [2.05, 4.69) is 5.32 Å². The molecule has 44 heavy (non-hydrogen) atoms. The van der Waals surface area contributed by atoms with E-state index in [1.54, 1.807) is 38.3 Å². The summed E-state index contributed by atoms with van der Waals surface area (Å²) in [6.45, 7) is 3.63.